The second kappa shape index (κ2) is 2.95. The van der Waals surface area contributed by atoms with Gasteiger partial charge in [0.25, 0.3) is 0 Å². The summed E-state index contributed by atoms with van der Waals surface area (Å²) in [6.45, 7) is 0. The lowest BCUT2D eigenvalue weighted by atomic mass is 10.6. The Morgan fingerprint density at radius 1 is 1.70 bits per heavy atom. The zero-order valence-electron chi connectivity index (χ0n) is 4.67. The number of aromatic nitrogens is 2. The molecule has 0 radical (unpaired) electrons. The van der Waals surface area contributed by atoms with E-state index >= 15 is 0 Å². The first-order chi connectivity index (χ1) is 4.74. The second-order valence-electron chi connectivity index (χ2n) is 1.44. The summed E-state index contributed by atoms with van der Waals surface area (Å²) < 4.78 is 0.591. The van der Waals surface area contributed by atoms with Crippen molar-refractivity contribution in [1.29, 1.82) is 5.26 Å². The first kappa shape index (κ1) is 7.45. The van der Waals surface area contributed by atoms with E-state index in [-0.39, 0.29) is 11.0 Å². The fraction of sp³-hybridized carbons (Fsp3) is 0. The quantitative estimate of drug-likeness (QED) is 0.624. The molecule has 0 saturated heterocycles. The van der Waals surface area contributed by atoms with Gasteiger partial charge in [0.2, 0.25) is 5.82 Å². The minimum Gasteiger partial charge on any atom is -0.226 e. The first-order valence-corrected chi connectivity index (χ1v) is 3.49. The van der Waals surface area contributed by atoms with Crippen LogP contribution < -0.4 is 0 Å². The minimum absolute atomic E-state index is 0.0770. The normalized spacial score (nSPS) is 8.90. The lowest BCUT2D eigenvalue weighted by Crippen LogP contribution is -1.87. The summed E-state index contributed by atoms with van der Waals surface area (Å²) in [5.74, 6) is 0.0770. The van der Waals surface area contributed by atoms with E-state index in [1.54, 1.807) is 6.07 Å². The number of rotatable bonds is 0. The smallest absolute Gasteiger partial charge is 0.226 e. The molecule has 0 aromatic carbocycles. The Balaban J connectivity index is 3.20. The van der Waals surface area contributed by atoms with Gasteiger partial charge in [0.05, 0.1) is 4.47 Å². The van der Waals surface area contributed by atoms with Gasteiger partial charge in [-0.15, -0.1) is 0 Å². The van der Waals surface area contributed by atoms with Crippen LogP contribution in [0.3, 0.4) is 0 Å². The molecule has 0 saturated carbocycles. The van der Waals surface area contributed by atoms with Crippen LogP contribution in [0.2, 0.25) is 5.15 Å². The highest BCUT2D eigenvalue weighted by Crippen LogP contribution is 2.17. The highest BCUT2D eigenvalue weighted by atomic mass is 79.9. The van der Waals surface area contributed by atoms with E-state index in [9.17, 15) is 0 Å². The molecule has 5 heteroatoms. The standard InChI is InChI=1S/C5HBrClN3/c6-3-2-9-4(1-8)10-5(3)7/h2H. The Labute approximate surface area is 70.8 Å². The minimum atomic E-state index is 0.0770. The van der Waals surface area contributed by atoms with Crippen molar-refractivity contribution >= 4 is 27.5 Å². The summed E-state index contributed by atoms with van der Waals surface area (Å²) in [5.41, 5.74) is 0. The van der Waals surface area contributed by atoms with E-state index in [4.69, 9.17) is 16.9 Å². The van der Waals surface area contributed by atoms with Gasteiger partial charge in [0.1, 0.15) is 11.2 Å². The zero-order chi connectivity index (χ0) is 7.56. The second-order valence-corrected chi connectivity index (χ2v) is 2.66. The van der Waals surface area contributed by atoms with Crippen molar-refractivity contribution in [3.63, 3.8) is 0 Å². The van der Waals surface area contributed by atoms with E-state index in [0.717, 1.165) is 0 Å². The van der Waals surface area contributed by atoms with Crippen LogP contribution in [0.25, 0.3) is 0 Å². The molecular formula is C5HBrClN3. The predicted molar refractivity (Wildman–Crippen MR) is 39.5 cm³/mol. The van der Waals surface area contributed by atoms with Crippen LogP contribution >= 0.6 is 27.5 Å². The average Bonchev–Trinajstić information content (AvgIpc) is 1.95. The van der Waals surface area contributed by atoms with Gasteiger partial charge in [-0.1, -0.05) is 11.6 Å². The number of nitrogens with zero attached hydrogens (tertiary/aromatic N) is 3. The summed E-state index contributed by atoms with van der Waals surface area (Å²) in [7, 11) is 0. The number of hydrogen-bond donors (Lipinski definition) is 0. The van der Waals surface area contributed by atoms with Crippen LogP contribution in [0.5, 0.6) is 0 Å². The Kier molecular flexibility index (Phi) is 2.20. The van der Waals surface area contributed by atoms with Gasteiger partial charge in [0.15, 0.2) is 0 Å². The van der Waals surface area contributed by atoms with E-state index in [1.807, 2.05) is 0 Å². The maximum absolute atomic E-state index is 8.30. The molecule has 1 aromatic heterocycles. The molecule has 0 amide bonds. The SMILES string of the molecule is N#Cc1ncc(Br)c(Cl)n1. The summed E-state index contributed by atoms with van der Waals surface area (Å²) in [5, 5.41) is 8.56. The van der Waals surface area contributed by atoms with Crippen molar-refractivity contribution in [3.05, 3.63) is 21.6 Å². The molecule has 0 N–H and O–H groups in total. The topological polar surface area (TPSA) is 49.6 Å². The van der Waals surface area contributed by atoms with E-state index in [1.165, 1.54) is 6.20 Å². The average molecular weight is 218 g/mol. The van der Waals surface area contributed by atoms with Gasteiger partial charge in [-0.3, -0.25) is 0 Å². The van der Waals surface area contributed by atoms with Gasteiger partial charge in [-0.25, -0.2) is 9.97 Å². The Morgan fingerprint density at radius 3 is 2.90 bits per heavy atom. The predicted octanol–water partition coefficient (Wildman–Crippen LogP) is 1.76. The van der Waals surface area contributed by atoms with Crippen molar-refractivity contribution in [2.45, 2.75) is 0 Å². The van der Waals surface area contributed by atoms with Gasteiger partial charge in [-0.2, -0.15) is 5.26 Å². The third kappa shape index (κ3) is 1.43. The van der Waals surface area contributed by atoms with Crippen molar-refractivity contribution in [3.8, 4) is 6.07 Å². The van der Waals surface area contributed by atoms with E-state index in [0.29, 0.717) is 4.47 Å². The van der Waals surface area contributed by atoms with Gasteiger partial charge in [0, 0.05) is 6.20 Å². The fourth-order valence-electron chi connectivity index (χ4n) is 0.400. The molecular weight excluding hydrogens is 217 g/mol. The summed E-state index contributed by atoms with van der Waals surface area (Å²) in [6.07, 6.45) is 1.44. The molecule has 1 rings (SSSR count). The van der Waals surface area contributed by atoms with E-state index < -0.39 is 0 Å². The molecule has 0 fully saturated rings. The largest absolute Gasteiger partial charge is 0.233 e. The summed E-state index contributed by atoms with van der Waals surface area (Å²) >= 11 is 8.64. The molecule has 0 aliphatic heterocycles. The maximum atomic E-state index is 8.30. The number of halogens is 2. The van der Waals surface area contributed by atoms with Crippen LogP contribution in [-0.2, 0) is 0 Å². The maximum Gasteiger partial charge on any atom is 0.233 e. The lowest BCUT2D eigenvalue weighted by Gasteiger charge is -1.91. The molecule has 0 bridgehead atoms. The van der Waals surface area contributed by atoms with Gasteiger partial charge >= 0.3 is 0 Å². The van der Waals surface area contributed by atoms with Crippen LogP contribution in [0.1, 0.15) is 5.82 Å². The highest BCUT2D eigenvalue weighted by Gasteiger charge is 1.99. The molecule has 0 atom stereocenters. The zero-order valence-corrected chi connectivity index (χ0v) is 7.02. The summed E-state index contributed by atoms with van der Waals surface area (Å²) in [4.78, 5) is 7.29. The van der Waals surface area contributed by atoms with Crippen LogP contribution in [0.15, 0.2) is 10.7 Å². The summed E-state index contributed by atoms with van der Waals surface area (Å²) in [6, 6.07) is 1.77. The van der Waals surface area contributed by atoms with Crippen LogP contribution in [-0.4, -0.2) is 9.97 Å². The molecule has 1 aromatic rings. The molecule has 0 unspecified atom stereocenters. The van der Waals surface area contributed by atoms with Crippen molar-refractivity contribution in [2.75, 3.05) is 0 Å². The fourth-order valence-corrected chi connectivity index (χ4v) is 0.720. The van der Waals surface area contributed by atoms with Crippen molar-refractivity contribution in [1.82, 2.24) is 9.97 Å². The lowest BCUT2D eigenvalue weighted by molar-refractivity contribution is 1.10. The molecule has 1 heterocycles. The molecule has 10 heavy (non-hydrogen) atoms. The van der Waals surface area contributed by atoms with Crippen LogP contribution in [0, 0.1) is 11.3 Å². The first-order valence-electron chi connectivity index (χ1n) is 2.32. The molecule has 3 nitrogen and oxygen atoms in total. The molecule has 50 valence electrons. The monoisotopic (exact) mass is 217 g/mol. The van der Waals surface area contributed by atoms with Crippen LogP contribution in [0.4, 0.5) is 0 Å². The van der Waals surface area contributed by atoms with Crippen molar-refractivity contribution < 1.29 is 0 Å². The van der Waals surface area contributed by atoms with Gasteiger partial charge < -0.3 is 0 Å². The Bertz CT molecular complexity index is 293. The highest BCUT2D eigenvalue weighted by molar-refractivity contribution is 9.10. The number of nitriles is 1. The third-order valence-electron chi connectivity index (χ3n) is 0.801. The molecule has 0 aliphatic carbocycles. The number of hydrogen-bond acceptors (Lipinski definition) is 3. The van der Waals surface area contributed by atoms with Gasteiger partial charge in [-0.05, 0) is 15.9 Å². The Morgan fingerprint density at radius 2 is 2.40 bits per heavy atom. The van der Waals surface area contributed by atoms with E-state index in [2.05, 4.69) is 25.9 Å². The third-order valence-corrected chi connectivity index (χ3v) is 1.90. The molecule has 0 spiro atoms. The molecule has 0 aliphatic rings. The van der Waals surface area contributed by atoms with Crippen molar-refractivity contribution in [2.24, 2.45) is 0 Å². The Hall–Kier alpha value is -0.660.